The van der Waals surface area contributed by atoms with Crippen molar-refractivity contribution in [3.63, 3.8) is 0 Å². The molecule has 0 heterocycles. The number of nitrogens with one attached hydrogen (secondary N) is 1. The van der Waals surface area contributed by atoms with E-state index < -0.39 is 0 Å². The highest BCUT2D eigenvalue weighted by molar-refractivity contribution is 5.95. The van der Waals surface area contributed by atoms with Crippen LogP contribution in [-0.4, -0.2) is 5.91 Å². The molecule has 0 unspecified atom stereocenters. The first kappa shape index (κ1) is 13.4. The van der Waals surface area contributed by atoms with Gasteiger partial charge >= 0.3 is 0 Å². The molecule has 0 spiro atoms. The molecule has 3 atom stereocenters. The van der Waals surface area contributed by atoms with Crippen molar-refractivity contribution in [2.24, 2.45) is 17.8 Å². The largest absolute Gasteiger partial charge is 0.326 e. The van der Waals surface area contributed by atoms with Crippen molar-refractivity contribution in [1.29, 1.82) is 0 Å². The zero-order valence-electron chi connectivity index (χ0n) is 12.4. The number of allylic oxidation sites excluding steroid dienone is 2. The molecular weight excluding hydrogens is 246 g/mol. The Labute approximate surface area is 121 Å². The zero-order valence-corrected chi connectivity index (χ0v) is 12.4. The first-order chi connectivity index (χ1) is 9.66. The number of hydrogen-bond acceptors (Lipinski definition) is 1. The van der Waals surface area contributed by atoms with Crippen LogP contribution in [0.1, 0.15) is 36.8 Å². The number of hydrogen-bond donors (Lipinski definition) is 1. The Morgan fingerprint density at radius 2 is 2.05 bits per heavy atom. The Morgan fingerprint density at radius 3 is 2.85 bits per heavy atom. The van der Waals surface area contributed by atoms with E-state index in [0.29, 0.717) is 11.8 Å². The van der Waals surface area contributed by atoms with Crippen molar-refractivity contribution in [3.05, 3.63) is 41.5 Å². The lowest BCUT2D eigenvalue weighted by atomic mass is 10.1. The SMILES string of the molecule is Cc1ccc(NC(=O)[C@@H]2[C@H]3/C=C\CCCC[C@@H]32)cc1C. The van der Waals surface area contributed by atoms with Crippen LogP contribution in [0.3, 0.4) is 0 Å². The maximum atomic E-state index is 12.4. The van der Waals surface area contributed by atoms with Gasteiger partial charge in [0, 0.05) is 11.6 Å². The average molecular weight is 269 g/mol. The summed E-state index contributed by atoms with van der Waals surface area (Å²) in [5, 5.41) is 3.10. The van der Waals surface area contributed by atoms with Crippen LogP contribution in [0, 0.1) is 31.6 Å². The van der Waals surface area contributed by atoms with Crippen LogP contribution in [-0.2, 0) is 4.79 Å². The Balaban J connectivity index is 1.66. The molecule has 0 radical (unpaired) electrons. The fourth-order valence-corrected chi connectivity index (χ4v) is 3.34. The van der Waals surface area contributed by atoms with Gasteiger partial charge in [0.1, 0.15) is 0 Å². The molecule has 106 valence electrons. The molecule has 1 N–H and O–H groups in total. The molecule has 2 aliphatic carbocycles. The molecule has 1 saturated carbocycles. The summed E-state index contributed by atoms with van der Waals surface area (Å²) in [6.45, 7) is 4.17. The van der Waals surface area contributed by atoms with Crippen molar-refractivity contribution in [2.75, 3.05) is 5.32 Å². The highest BCUT2D eigenvalue weighted by Gasteiger charge is 2.52. The van der Waals surface area contributed by atoms with E-state index in [9.17, 15) is 4.79 Å². The molecule has 1 aromatic rings. The van der Waals surface area contributed by atoms with E-state index in [1.807, 2.05) is 6.07 Å². The maximum absolute atomic E-state index is 12.4. The van der Waals surface area contributed by atoms with Crippen LogP contribution in [0.15, 0.2) is 30.4 Å². The molecule has 0 bridgehead atoms. The number of amides is 1. The fourth-order valence-electron chi connectivity index (χ4n) is 3.34. The van der Waals surface area contributed by atoms with Crippen LogP contribution in [0.2, 0.25) is 0 Å². The maximum Gasteiger partial charge on any atom is 0.228 e. The lowest BCUT2D eigenvalue weighted by Crippen LogP contribution is -2.15. The molecule has 3 rings (SSSR count). The van der Waals surface area contributed by atoms with Crippen molar-refractivity contribution in [2.45, 2.75) is 39.5 Å². The van der Waals surface area contributed by atoms with Gasteiger partial charge in [-0.05, 0) is 68.2 Å². The molecule has 1 aromatic carbocycles. The highest BCUT2D eigenvalue weighted by atomic mass is 16.2. The number of benzene rings is 1. The topological polar surface area (TPSA) is 29.1 Å². The Morgan fingerprint density at radius 1 is 1.20 bits per heavy atom. The summed E-state index contributed by atoms with van der Waals surface area (Å²) >= 11 is 0. The van der Waals surface area contributed by atoms with Gasteiger partial charge in [-0.2, -0.15) is 0 Å². The minimum atomic E-state index is 0.200. The van der Waals surface area contributed by atoms with Crippen LogP contribution in [0.4, 0.5) is 5.69 Å². The van der Waals surface area contributed by atoms with Gasteiger partial charge in [-0.15, -0.1) is 0 Å². The summed E-state index contributed by atoms with van der Waals surface area (Å²) in [5.41, 5.74) is 3.42. The normalized spacial score (nSPS) is 29.8. The predicted molar refractivity (Wildman–Crippen MR) is 82.6 cm³/mol. The molecule has 2 nitrogen and oxygen atoms in total. The first-order valence-corrected chi connectivity index (χ1v) is 7.71. The minimum Gasteiger partial charge on any atom is -0.326 e. The summed E-state index contributed by atoms with van der Waals surface area (Å²) in [5.74, 6) is 1.47. The third-order valence-electron chi connectivity index (χ3n) is 4.82. The predicted octanol–water partition coefficient (Wildman–Crippen LogP) is 4.23. The minimum absolute atomic E-state index is 0.200. The van der Waals surface area contributed by atoms with Crippen LogP contribution >= 0.6 is 0 Å². The van der Waals surface area contributed by atoms with Gasteiger partial charge in [-0.3, -0.25) is 4.79 Å². The van der Waals surface area contributed by atoms with E-state index in [1.54, 1.807) is 0 Å². The molecule has 2 heteroatoms. The van der Waals surface area contributed by atoms with E-state index in [0.717, 1.165) is 5.69 Å². The van der Waals surface area contributed by atoms with Gasteiger partial charge in [0.05, 0.1) is 0 Å². The molecule has 1 fully saturated rings. The summed E-state index contributed by atoms with van der Waals surface area (Å²) in [6.07, 6.45) is 9.45. The van der Waals surface area contributed by atoms with Gasteiger partial charge in [0.15, 0.2) is 0 Å². The number of aryl methyl sites for hydroxylation is 2. The zero-order chi connectivity index (χ0) is 14.1. The summed E-state index contributed by atoms with van der Waals surface area (Å²) in [4.78, 5) is 12.4. The highest BCUT2D eigenvalue weighted by Crippen LogP contribution is 2.51. The third kappa shape index (κ3) is 2.65. The second kappa shape index (κ2) is 5.43. The van der Waals surface area contributed by atoms with Crippen LogP contribution in [0.25, 0.3) is 0 Å². The van der Waals surface area contributed by atoms with Gasteiger partial charge in [0.2, 0.25) is 5.91 Å². The van der Waals surface area contributed by atoms with Gasteiger partial charge in [0.25, 0.3) is 0 Å². The summed E-state index contributed by atoms with van der Waals surface area (Å²) in [6, 6.07) is 6.13. The molecular formula is C18H23NO. The molecule has 0 aliphatic heterocycles. The monoisotopic (exact) mass is 269 g/mol. The summed E-state index contributed by atoms with van der Waals surface area (Å²) < 4.78 is 0. The average Bonchev–Trinajstić information content (AvgIpc) is 3.05. The van der Waals surface area contributed by atoms with Crippen LogP contribution < -0.4 is 5.32 Å². The van der Waals surface area contributed by atoms with Crippen molar-refractivity contribution in [1.82, 2.24) is 0 Å². The lowest BCUT2D eigenvalue weighted by Gasteiger charge is -2.07. The smallest absolute Gasteiger partial charge is 0.228 e. The number of fused-ring (bicyclic) bond motifs is 1. The first-order valence-electron chi connectivity index (χ1n) is 7.71. The van der Waals surface area contributed by atoms with E-state index in [2.05, 4.69) is 43.4 Å². The number of carbonyl (C=O) groups excluding carboxylic acids is 1. The fraction of sp³-hybridized carbons (Fsp3) is 0.500. The lowest BCUT2D eigenvalue weighted by molar-refractivity contribution is -0.117. The molecule has 0 aromatic heterocycles. The van der Waals surface area contributed by atoms with E-state index in [1.165, 1.54) is 36.8 Å². The van der Waals surface area contributed by atoms with Crippen molar-refractivity contribution >= 4 is 11.6 Å². The summed E-state index contributed by atoms with van der Waals surface area (Å²) in [7, 11) is 0. The van der Waals surface area contributed by atoms with E-state index in [-0.39, 0.29) is 11.8 Å². The van der Waals surface area contributed by atoms with Gasteiger partial charge in [-0.25, -0.2) is 0 Å². The van der Waals surface area contributed by atoms with E-state index in [4.69, 9.17) is 0 Å². The number of carbonyl (C=O) groups is 1. The van der Waals surface area contributed by atoms with Crippen molar-refractivity contribution < 1.29 is 4.79 Å². The van der Waals surface area contributed by atoms with Crippen molar-refractivity contribution in [3.8, 4) is 0 Å². The molecule has 0 saturated heterocycles. The Hall–Kier alpha value is -1.57. The van der Waals surface area contributed by atoms with Gasteiger partial charge in [-0.1, -0.05) is 24.6 Å². The standard InChI is InChI=1S/C18H23NO/c1-12-9-10-14(11-13(12)2)19-18(20)17-15-7-5-3-4-6-8-16(15)17/h5,7,9-11,15-17H,3-4,6,8H2,1-2H3,(H,19,20)/b7-5-/t15-,16-,17+/m0/s1. The second-order valence-corrected chi connectivity index (χ2v) is 6.27. The number of anilines is 1. The molecule has 20 heavy (non-hydrogen) atoms. The second-order valence-electron chi connectivity index (χ2n) is 6.27. The molecule has 1 amide bonds. The van der Waals surface area contributed by atoms with Gasteiger partial charge < -0.3 is 5.32 Å². The Bertz CT molecular complexity index is 546. The van der Waals surface area contributed by atoms with E-state index >= 15 is 0 Å². The number of rotatable bonds is 2. The molecule has 2 aliphatic rings. The Kier molecular flexibility index (Phi) is 3.64. The quantitative estimate of drug-likeness (QED) is 0.800. The third-order valence-corrected chi connectivity index (χ3v) is 4.82. The van der Waals surface area contributed by atoms with Crippen LogP contribution in [0.5, 0.6) is 0 Å².